The molecule has 0 saturated carbocycles. The summed E-state index contributed by atoms with van der Waals surface area (Å²) in [5.41, 5.74) is 0. The lowest BCUT2D eigenvalue weighted by molar-refractivity contribution is 0.493. The molecule has 0 spiro atoms. The summed E-state index contributed by atoms with van der Waals surface area (Å²) < 4.78 is 29.1. The second-order valence-electron chi connectivity index (χ2n) is 1.66. The van der Waals surface area contributed by atoms with Gasteiger partial charge in [-0.15, -0.1) is 0 Å². The Bertz CT molecular complexity index is 310. The van der Waals surface area contributed by atoms with Crippen molar-refractivity contribution in [3.63, 3.8) is 0 Å². The lowest BCUT2D eigenvalue weighted by atomic mass is 10.4. The Labute approximate surface area is 58.3 Å². The Balaban J connectivity index is 3.08. The van der Waals surface area contributed by atoms with E-state index in [4.69, 9.17) is 4.55 Å². The molecule has 1 heterocycles. The van der Waals surface area contributed by atoms with Gasteiger partial charge in [0, 0.05) is 6.08 Å². The van der Waals surface area contributed by atoms with E-state index in [1.807, 2.05) is 0 Å². The van der Waals surface area contributed by atoms with Crippen molar-refractivity contribution in [3.05, 3.63) is 23.3 Å². The van der Waals surface area contributed by atoms with Crippen LogP contribution in [0.2, 0.25) is 0 Å². The molecule has 0 aromatic rings. The highest BCUT2D eigenvalue weighted by Gasteiger charge is 2.16. The first-order valence-corrected chi connectivity index (χ1v) is 3.92. The molecular weight excluding hydrogens is 154 g/mol. The van der Waals surface area contributed by atoms with E-state index >= 15 is 0 Å². The molecular formula is C5H5NO3S+. The zero-order valence-electron chi connectivity index (χ0n) is 4.93. The molecule has 0 unspecified atom stereocenters. The molecule has 1 N–H and O–H groups in total. The average Bonchev–Trinajstić information content (AvgIpc) is 1.88. The zero-order chi connectivity index (χ0) is 7.61. The summed E-state index contributed by atoms with van der Waals surface area (Å²) in [6.07, 6.45) is 5.20. The predicted molar refractivity (Wildman–Crippen MR) is 37.0 cm³/mol. The number of hydrogen-bond donors (Lipinski definition) is 1. The highest BCUT2D eigenvalue weighted by atomic mass is 32.2. The van der Waals surface area contributed by atoms with Gasteiger partial charge in [-0.05, 0) is 6.08 Å². The standard InChI is InChI=1S/C5H5NO3S/c7-10(8,9)5-2-1-3-6-4-5/h1-4H,(H,7,8,9)/q+1. The molecule has 0 aromatic carbocycles. The third-order valence-corrected chi connectivity index (χ3v) is 1.77. The lowest BCUT2D eigenvalue weighted by Gasteiger charge is -1.89. The van der Waals surface area contributed by atoms with Crippen LogP contribution in [0.4, 0.5) is 0 Å². The van der Waals surface area contributed by atoms with Gasteiger partial charge >= 0.3 is 10.1 Å². The third-order valence-electron chi connectivity index (χ3n) is 0.932. The Morgan fingerprint density at radius 1 is 1.50 bits per heavy atom. The minimum Gasteiger partial charge on any atom is -0.282 e. The van der Waals surface area contributed by atoms with E-state index in [0.29, 0.717) is 0 Å². The van der Waals surface area contributed by atoms with Gasteiger partial charge in [-0.3, -0.25) is 4.55 Å². The van der Waals surface area contributed by atoms with Gasteiger partial charge in [-0.1, -0.05) is 0 Å². The van der Waals surface area contributed by atoms with E-state index in [-0.39, 0.29) is 4.91 Å². The maximum Gasteiger partial charge on any atom is 0.300 e. The number of rotatable bonds is 1. The third kappa shape index (κ3) is 1.52. The summed E-state index contributed by atoms with van der Waals surface area (Å²) in [4.78, 5) is 3.33. The molecule has 1 rings (SSSR count). The van der Waals surface area contributed by atoms with Gasteiger partial charge in [0.05, 0.1) is 4.99 Å². The molecule has 1 radical (unpaired) electrons. The van der Waals surface area contributed by atoms with Gasteiger partial charge in [-0.2, -0.15) is 8.42 Å². The van der Waals surface area contributed by atoms with Crippen LogP contribution in [-0.4, -0.2) is 19.2 Å². The van der Waals surface area contributed by atoms with Crippen molar-refractivity contribution in [2.24, 2.45) is 0 Å². The molecule has 0 aliphatic carbocycles. The van der Waals surface area contributed by atoms with Crippen molar-refractivity contribution in [3.8, 4) is 0 Å². The van der Waals surface area contributed by atoms with Crippen molar-refractivity contribution in [1.82, 2.24) is 4.99 Å². The molecule has 0 saturated heterocycles. The van der Waals surface area contributed by atoms with Crippen LogP contribution in [0.15, 0.2) is 23.3 Å². The van der Waals surface area contributed by atoms with E-state index < -0.39 is 10.1 Å². The van der Waals surface area contributed by atoms with Crippen LogP contribution in [0, 0.1) is 0 Å². The first-order valence-electron chi connectivity index (χ1n) is 2.48. The molecule has 0 fully saturated rings. The fourth-order valence-corrected chi connectivity index (χ4v) is 0.944. The molecule has 0 aromatic heterocycles. The van der Waals surface area contributed by atoms with Crippen molar-refractivity contribution >= 4 is 16.3 Å². The maximum absolute atomic E-state index is 10.3. The first-order chi connectivity index (χ1) is 4.61. The summed E-state index contributed by atoms with van der Waals surface area (Å²) >= 11 is 0. The summed E-state index contributed by atoms with van der Waals surface area (Å²) in [7, 11) is -4.07. The van der Waals surface area contributed by atoms with Crippen LogP contribution in [0.1, 0.15) is 0 Å². The number of aliphatic imine (C=N–C) groups is 1. The van der Waals surface area contributed by atoms with Gasteiger partial charge in [0.25, 0.3) is 6.21 Å². The Kier molecular flexibility index (Phi) is 1.69. The highest BCUT2D eigenvalue weighted by Crippen LogP contribution is 2.01. The van der Waals surface area contributed by atoms with E-state index in [1.165, 1.54) is 18.4 Å². The van der Waals surface area contributed by atoms with Crippen LogP contribution in [0.3, 0.4) is 0 Å². The first kappa shape index (κ1) is 7.17. The monoisotopic (exact) mass is 159 g/mol. The minimum absolute atomic E-state index is 0.185. The van der Waals surface area contributed by atoms with Crippen molar-refractivity contribution in [1.29, 1.82) is 0 Å². The molecule has 1 aliphatic heterocycles. The molecule has 1 aliphatic rings. The summed E-state index contributed by atoms with van der Waals surface area (Å²) in [5.74, 6) is 0. The highest BCUT2D eigenvalue weighted by molar-refractivity contribution is 7.90. The van der Waals surface area contributed by atoms with Crippen LogP contribution in [0.25, 0.3) is 0 Å². The normalized spacial score (nSPS) is 17.1. The molecule has 0 bridgehead atoms. The molecule has 53 valence electrons. The van der Waals surface area contributed by atoms with Crippen LogP contribution in [-0.2, 0) is 10.1 Å². The maximum atomic E-state index is 10.3. The molecule has 4 nitrogen and oxygen atoms in total. The van der Waals surface area contributed by atoms with Gasteiger partial charge in [0.1, 0.15) is 0 Å². The van der Waals surface area contributed by atoms with Gasteiger partial charge in [0.2, 0.25) is 6.20 Å². The molecule has 0 amide bonds. The van der Waals surface area contributed by atoms with Crippen molar-refractivity contribution in [2.75, 3.05) is 0 Å². The fourth-order valence-electron chi connectivity index (χ4n) is 0.500. The smallest absolute Gasteiger partial charge is 0.282 e. The molecule has 0 atom stereocenters. The zero-order valence-corrected chi connectivity index (χ0v) is 5.75. The van der Waals surface area contributed by atoms with Crippen LogP contribution < -0.4 is 4.99 Å². The molecule has 5 heteroatoms. The fraction of sp³-hybridized carbons (Fsp3) is 0. The minimum atomic E-state index is -4.07. The van der Waals surface area contributed by atoms with Gasteiger partial charge in [0.15, 0.2) is 4.91 Å². The summed E-state index contributed by atoms with van der Waals surface area (Å²) in [5, 5.41) is 0. The van der Waals surface area contributed by atoms with Crippen molar-refractivity contribution in [2.45, 2.75) is 0 Å². The second-order valence-corrected chi connectivity index (χ2v) is 3.09. The van der Waals surface area contributed by atoms with Crippen LogP contribution in [0.5, 0.6) is 0 Å². The van der Waals surface area contributed by atoms with E-state index in [1.54, 1.807) is 0 Å². The largest absolute Gasteiger partial charge is 0.300 e. The topological polar surface area (TPSA) is 68.5 Å². The predicted octanol–water partition coefficient (Wildman–Crippen LogP) is -0.308. The number of nitrogens with zero attached hydrogens (tertiary/aromatic N) is 1. The number of hydrogen-bond acceptors (Lipinski definition) is 3. The summed E-state index contributed by atoms with van der Waals surface area (Å²) in [6.45, 7) is 0. The van der Waals surface area contributed by atoms with E-state index in [9.17, 15) is 8.42 Å². The van der Waals surface area contributed by atoms with E-state index in [2.05, 4.69) is 4.99 Å². The molecule has 10 heavy (non-hydrogen) atoms. The van der Waals surface area contributed by atoms with E-state index in [0.717, 1.165) is 6.21 Å². The Morgan fingerprint density at radius 2 is 2.20 bits per heavy atom. The Morgan fingerprint density at radius 3 is 2.50 bits per heavy atom. The van der Waals surface area contributed by atoms with Gasteiger partial charge < -0.3 is 0 Å². The lowest BCUT2D eigenvalue weighted by Crippen LogP contribution is -2.06. The summed E-state index contributed by atoms with van der Waals surface area (Å²) in [6, 6.07) is 0. The van der Waals surface area contributed by atoms with Crippen LogP contribution >= 0.6 is 0 Å². The Hall–Kier alpha value is -0.940. The number of allylic oxidation sites excluding steroid dienone is 3. The SMILES string of the molecule is O=S(=O)(O)C1=CC=C[N+]=C1. The van der Waals surface area contributed by atoms with Crippen molar-refractivity contribution < 1.29 is 13.0 Å². The second kappa shape index (κ2) is 2.36. The average molecular weight is 159 g/mol. The van der Waals surface area contributed by atoms with Gasteiger partial charge in [-0.25, -0.2) is 0 Å². The quantitative estimate of drug-likeness (QED) is 0.534.